The van der Waals surface area contributed by atoms with Crippen LogP contribution in [0.5, 0.6) is 0 Å². The smallest absolute Gasteiger partial charge is 0.217 e. The van der Waals surface area contributed by atoms with Crippen molar-refractivity contribution in [3.63, 3.8) is 0 Å². The highest BCUT2D eigenvalue weighted by molar-refractivity contribution is 7.89. The first kappa shape index (κ1) is 18.3. The van der Waals surface area contributed by atoms with Crippen LogP contribution in [0.25, 0.3) is 0 Å². The van der Waals surface area contributed by atoms with Gasteiger partial charge in [-0.15, -0.1) is 0 Å². The topological polar surface area (TPSA) is 66.6 Å². The van der Waals surface area contributed by atoms with Crippen LogP contribution in [-0.4, -0.2) is 50.2 Å². The van der Waals surface area contributed by atoms with Gasteiger partial charge in [0.1, 0.15) is 0 Å². The summed E-state index contributed by atoms with van der Waals surface area (Å²) in [6, 6.07) is 5.57. The standard InChI is InChI=1S/C16H23Cl2N3O2S/c17-12-9-13(18)11-15(10-12)20-5-7-21(8-6-20)24(22,23)16-3-1-14(19)2-4-16/h9-11,14,16H,1-8,19H2. The Labute approximate surface area is 153 Å². The molecule has 0 radical (unpaired) electrons. The van der Waals surface area contributed by atoms with Gasteiger partial charge in [-0.2, -0.15) is 4.31 Å². The van der Waals surface area contributed by atoms with Crippen molar-refractivity contribution in [2.24, 2.45) is 5.73 Å². The maximum Gasteiger partial charge on any atom is 0.217 e. The number of rotatable bonds is 3. The van der Waals surface area contributed by atoms with Gasteiger partial charge in [0.2, 0.25) is 10.0 Å². The predicted octanol–water partition coefficient (Wildman–Crippen LogP) is 2.72. The molecular weight excluding hydrogens is 369 g/mol. The molecular formula is C16H23Cl2N3O2S. The third-order valence-electron chi connectivity index (χ3n) is 4.95. The van der Waals surface area contributed by atoms with Crippen LogP contribution in [0, 0.1) is 0 Å². The maximum absolute atomic E-state index is 12.8. The van der Waals surface area contributed by atoms with E-state index in [1.807, 2.05) is 12.1 Å². The van der Waals surface area contributed by atoms with Crippen molar-refractivity contribution in [1.82, 2.24) is 4.31 Å². The minimum absolute atomic E-state index is 0.154. The molecule has 2 fully saturated rings. The van der Waals surface area contributed by atoms with E-state index in [1.165, 1.54) is 0 Å². The van der Waals surface area contributed by atoms with Crippen LogP contribution in [0.2, 0.25) is 10.0 Å². The lowest BCUT2D eigenvalue weighted by Crippen LogP contribution is -2.52. The van der Waals surface area contributed by atoms with Crippen molar-refractivity contribution in [2.75, 3.05) is 31.1 Å². The Hall–Kier alpha value is -0.530. The number of sulfonamides is 1. The average molecular weight is 392 g/mol. The second-order valence-corrected chi connectivity index (χ2v) is 9.68. The Balaban J connectivity index is 1.64. The Bertz CT molecular complexity index is 662. The van der Waals surface area contributed by atoms with E-state index >= 15 is 0 Å². The van der Waals surface area contributed by atoms with Gasteiger partial charge in [-0.1, -0.05) is 23.2 Å². The normalized spacial score (nSPS) is 26.5. The first-order valence-electron chi connectivity index (χ1n) is 8.32. The van der Waals surface area contributed by atoms with Crippen molar-refractivity contribution < 1.29 is 8.42 Å². The predicted molar refractivity (Wildman–Crippen MR) is 99.4 cm³/mol. The molecule has 0 atom stereocenters. The van der Waals surface area contributed by atoms with Gasteiger partial charge in [0, 0.05) is 48.0 Å². The first-order chi connectivity index (χ1) is 11.4. The molecule has 134 valence electrons. The fourth-order valence-electron chi connectivity index (χ4n) is 3.52. The van der Waals surface area contributed by atoms with Gasteiger partial charge in [-0.3, -0.25) is 0 Å². The number of hydrogen-bond donors (Lipinski definition) is 1. The highest BCUT2D eigenvalue weighted by Gasteiger charge is 2.36. The average Bonchev–Trinajstić information content (AvgIpc) is 2.54. The summed E-state index contributed by atoms with van der Waals surface area (Å²) < 4.78 is 27.3. The van der Waals surface area contributed by atoms with Gasteiger partial charge in [-0.25, -0.2) is 8.42 Å². The Kier molecular flexibility index (Phi) is 5.62. The van der Waals surface area contributed by atoms with E-state index in [9.17, 15) is 8.42 Å². The minimum Gasteiger partial charge on any atom is -0.369 e. The molecule has 3 rings (SSSR count). The molecule has 0 amide bonds. The van der Waals surface area contributed by atoms with E-state index in [0.29, 0.717) is 49.1 Å². The molecule has 1 heterocycles. The number of nitrogens with two attached hydrogens (primary N) is 1. The van der Waals surface area contributed by atoms with E-state index in [-0.39, 0.29) is 11.3 Å². The van der Waals surface area contributed by atoms with Gasteiger partial charge < -0.3 is 10.6 Å². The molecule has 1 aliphatic heterocycles. The molecule has 5 nitrogen and oxygen atoms in total. The summed E-state index contributed by atoms with van der Waals surface area (Å²) in [5.74, 6) is 0. The molecule has 0 unspecified atom stereocenters. The van der Waals surface area contributed by atoms with Crippen LogP contribution in [0.4, 0.5) is 5.69 Å². The summed E-state index contributed by atoms with van der Waals surface area (Å²) in [5, 5.41) is 0.904. The van der Waals surface area contributed by atoms with E-state index in [2.05, 4.69) is 4.90 Å². The molecule has 8 heteroatoms. The van der Waals surface area contributed by atoms with Gasteiger partial charge in [-0.05, 0) is 43.9 Å². The fourth-order valence-corrected chi connectivity index (χ4v) is 6.00. The van der Waals surface area contributed by atoms with E-state index in [0.717, 1.165) is 18.5 Å². The van der Waals surface area contributed by atoms with Crippen molar-refractivity contribution in [1.29, 1.82) is 0 Å². The van der Waals surface area contributed by atoms with Gasteiger partial charge in [0.05, 0.1) is 5.25 Å². The maximum atomic E-state index is 12.8. The Morgan fingerprint density at radius 2 is 1.46 bits per heavy atom. The number of nitrogens with zero attached hydrogens (tertiary/aromatic N) is 2. The molecule has 1 aromatic carbocycles. The number of benzene rings is 1. The van der Waals surface area contributed by atoms with Crippen molar-refractivity contribution in [3.05, 3.63) is 28.2 Å². The molecule has 1 aliphatic carbocycles. The van der Waals surface area contributed by atoms with Crippen LogP contribution in [-0.2, 0) is 10.0 Å². The third-order valence-corrected chi connectivity index (χ3v) is 7.79. The summed E-state index contributed by atoms with van der Waals surface area (Å²) in [5.41, 5.74) is 6.83. The van der Waals surface area contributed by atoms with Crippen molar-refractivity contribution in [2.45, 2.75) is 37.0 Å². The molecule has 0 spiro atoms. The number of piperazine rings is 1. The summed E-state index contributed by atoms with van der Waals surface area (Å²) in [7, 11) is -3.23. The molecule has 1 saturated heterocycles. The summed E-state index contributed by atoms with van der Waals surface area (Å²) in [4.78, 5) is 2.13. The van der Waals surface area contributed by atoms with E-state index < -0.39 is 10.0 Å². The highest BCUT2D eigenvalue weighted by Crippen LogP contribution is 2.29. The van der Waals surface area contributed by atoms with E-state index in [1.54, 1.807) is 10.4 Å². The van der Waals surface area contributed by atoms with Crippen LogP contribution in [0.3, 0.4) is 0 Å². The molecule has 0 aromatic heterocycles. The van der Waals surface area contributed by atoms with Gasteiger partial charge >= 0.3 is 0 Å². The molecule has 2 N–H and O–H groups in total. The van der Waals surface area contributed by atoms with Crippen LogP contribution in [0.1, 0.15) is 25.7 Å². The Morgan fingerprint density at radius 1 is 0.917 bits per heavy atom. The lowest BCUT2D eigenvalue weighted by atomic mass is 9.96. The molecule has 0 bridgehead atoms. The largest absolute Gasteiger partial charge is 0.369 e. The van der Waals surface area contributed by atoms with Crippen molar-refractivity contribution in [3.8, 4) is 0 Å². The van der Waals surface area contributed by atoms with Crippen LogP contribution in [0.15, 0.2) is 18.2 Å². The first-order valence-corrected chi connectivity index (χ1v) is 10.6. The zero-order valence-electron chi connectivity index (χ0n) is 13.5. The minimum atomic E-state index is -3.23. The lowest BCUT2D eigenvalue weighted by Gasteiger charge is -2.38. The number of hydrogen-bond acceptors (Lipinski definition) is 4. The van der Waals surface area contributed by atoms with Crippen LogP contribution < -0.4 is 10.6 Å². The van der Waals surface area contributed by atoms with E-state index in [4.69, 9.17) is 28.9 Å². The third kappa shape index (κ3) is 3.99. The summed E-state index contributed by atoms with van der Waals surface area (Å²) in [6.07, 6.45) is 2.94. The lowest BCUT2D eigenvalue weighted by molar-refractivity contribution is 0.360. The molecule has 1 saturated carbocycles. The monoisotopic (exact) mass is 391 g/mol. The summed E-state index contributed by atoms with van der Waals surface area (Å²) >= 11 is 12.1. The highest BCUT2D eigenvalue weighted by atomic mass is 35.5. The molecule has 2 aliphatic rings. The van der Waals surface area contributed by atoms with Crippen molar-refractivity contribution >= 4 is 38.9 Å². The fraction of sp³-hybridized carbons (Fsp3) is 0.625. The summed E-state index contributed by atoms with van der Waals surface area (Å²) in [6.45, 7) is 2.27. The van der Waals surface area contributed by atoms with Gasteiger partial charge in [0.15, 0.2) is 0 Å². The zero-order chi connectivity index (χ0) is 17.3. The number of halogens is 2. The van der Waals surface area contributed by atoms with Crippen LogP contribution >= 0.6 is 23.2 Å². The quantitative estimate of drug-likeness (QED) is 0.859. The second-order valence-electron chi connectivity index (χ2n) is 6.60. The second kappa shape index (κ2) is 7.38. The Morgan fingerprint density at radius 3 is 2.00 bits per heavy atom. The molecule has 24 heavy (non-hydrogen) atoms. The number of anilines is 1. The molecule has 1 aromatic rings. The SMILES string of the molecule is NC1CCC(S(=O)(=O)N2CCN(c3cc(Cl)cc(Cl)c3)CC2)CC1. The zero-order valence-corrected chi connectivity index (χ0v) is 15.8. The van der Waals surface area contributed by atoms with Gasteiger partial charge in [0.25, 0.3) is 0 Å².